The van der Waals surface area contributed by atoms with Crippen LogP contribution in [0.25, 0.3) is 0 Å². The van der Waals surface area contributed by atoms with Crippen LogP contribution in [0, 0.1) is 28.0 Å². The van der Waals surface area contributed by atoms with Gasteiger partial charge in [0, 0.05) is 85.0 Å². The molecule has 14 heteroatoms. The van der Waals surface area contributed by atoms with E-state index in [4.69, 9.17) is 16.3 Å². The van der Waals surface area contributed by atoms with E-state index in [1.807, 2.05) is 6.07 Å². The topological polar surface area (TPSA) is 148 Å². The molecule has 2 aromatic carbocycles. The first-order valence-electron chi connectivity index (χ1n) is 17.7. The van der Waals surface area contributed by atoms with Gasteiger partial charge in [0.15, 0.2) is 0 Å². The molecule has 12 nitrogen and oxygen atoms in total. The lowest BCUT2D eigenvalue weighted by Gasteiger charge is -2.63. The molecule has 4 heterocycles. The highest BCUT2D eigenvalue weighted by Gasteiger charge is 2.64. The third-order valence-corrected chi connectivity index (χ3v) is 11.6. The summed E-state index contributed by atoms with van der Waals surface area (Å²) in [5, 5.41) is 15.0. The number of ether oxygens (including phenoxy) is 1. The van der Waals surface area contributed by atoms with Crippen LogP contribution in [0.15, 0.2) is 48.7 Å². The molecule has 1 saturated carbocycles. The largest absolute Gasteiger partial charge is 0.489 e. The Bertz CT molecular complexity index is 2020. The quantitative estimate of drug-likeness (QED) is 0.320. The Morgan fingerprint density at radius 1 is 1.08 bits per heavy atom. The second-order valence-corrected chi connectivity index (χ2v) is 15.8. The number of amides is 4. The minimum Gasteiger partial charge on any atom is -0.489 e. The number of pyridine rings is 1. The highest BCUT2D eigenvalue weighted by molar-refractivity contribution is 6.31. The van der Waals surface area contributed by atoms with E-state index in [1.54, 1.807) is 42.6 Å². The number of piperazine rings is 1. The molecule has 0 spiro atoms. The lowest BCUT2D eigenvalue weighted by Crippen LogP contribution is -2.74. The van der Waals surface area contributed by atoms with Gasteiger partial charge < -0.3 is 19.9 Å². The van der Waals surface area contributed by atoms with Crippen molar-refractivity contribution in [1.29, 1.82) is 5.26 Å². The monoisotopic (exact) mass is 741 g/mol. The SMILES string of the molecule is CC1(C)C(NC(=O)c2ccc(N3CCN(Cc4ccc5c(c4F)CN(C4CCC(=O)NC4=O)C5=O)CC3)nc2)C(C)(C)C1Oc1ccc(C#N)c(Cl)c1. The Labute approximate surface area is 312 Å². The fraction of sp³-hybridized carbons (Fsp3) is 0.436. The van der Waals surface area contributed by atoms with Crippen LogP contribution >= 0.6 is 11.6 Å². The highest BCUT2D eigenvalue weighted by atomic mass is 35.5. The van der Waals surface area contributed by atoms with Crippen LogP contribution < -0.4 is 20.3 Å². The molecule has 53 heavy (non-hydrogen) atoms. The Morgan fingerprint density at radius 3 is 2.45 bits per heavy atom. The van der Waals surface area contributed by atoms with Gasteiger partial charge in [0.25, 0.3) is 11.8 Å². The van der Waals surface area contributed by atoms with Crippen molar-refractivity contribution in [2.45, 2.75) is 71.8 Å². The number of hydrogen-bond acceptors (Lipinski definition) is 9. The van der Waals surface area contributed by atoms with Crippen molar-refractivity contribution in [3.63, 3.8) is 0 Å². The fourth-order valence-corrected chi connectivity index (χ4v) is 8.88. The van der Waals surface area contributed by atoms with Crippen LogP contribution in [0.1, 0.15) is 77.9 Å². The summed E-state index contributed by atoms with van der Waals surface area (Å²) in [5.41, 5.74) is 1.06. The Kier molecular flexibility index (Phi) is 9.41. The number of nitrogens with one attached hydrogen (secondary N) is 2. The van der Waals surface area contributed by atoms with Crippen molar-refractivity contribution < 1.29 is 28.3 Å². The molecule has 1 aliphatic carbocycles. The molecule has 1 aromatic heterocycles. The van der Waals surface area contributed by atoms with E-state index in [2.05, 4.69) is 59.2 Å². The molecule has 4 amide bonds. The number of nitriles is 1. The average molecular weight is 742 g/mol. The average Bonchev–Trinajstić information content (AvgIpc) is 3.47. The van der Waals surface area contributed by atoms with Gasteiger partial charge >= 0.3 is 0 Å². The maximum atomic E-state index is 15.7. The normalized spacial score (nSPS) is 23.5. The summed E-state index contributed by atoms with van der Waals surface area (Å²) in [6.07, 6.45) is 1.73. The highest BCUT2D eigenvalue weighted by Crippen LogP contribution is 2.55. The van der Waals surface area contributed by atoms with Crippen molar-refractivity contribution >= 4 is 41.0 Å². The van der Waals surface area contributed by atoms with E-state index >= 15 is 4.39 Å². The molecule has 4 aliphatic rings. The third-order valence-electron chi connectivity index (χ3n) is 11.3. The minimum atomic E-state index is -0.793. The van der Waals surface area contributed by atoms with E-state index in [1.165, 1.54) is 4.90 Å². The van der Waals surface area contributed by atoms with Crippen molar-refractivity contribution in [3.8, 4) is 11.8 Å². The maximum Gasteiger partial charge on any atom is 0.255 e. The van der Waals surface area contributed by atoms with E-state index in [9.17, 15) is 24.4 Å². The van der Waals surface area contributed by atoms with E-state index < -0.39 is 34.5 Å². The predicted molar refractivity (Wildman–Crippen MR) is 194 cm³/mol. The number of halogens is 2. The molecular formula is C39H41ClFN7O5. The number of anilines is 1. The summed E-state index contributed by atoms with van der Waals surface area (Å²) < 4.78 is 22.1. The summed E-state index contributed by atoms with van der Waals surface area (Å²) in [7, 11) is 0. The molecule has 0 bridgehead atoms. The van der Waals surface area contributed by atoms with Crippen molar-refractivity contribution in [2.75, 3.05) is 31.1 Å². The van der Waals surface area contributed by atoms with Crippen molar-refractivity contribution in [2.24, 2.45) is 10.8 Å². The fourth-order valence-electron chi connectivity index (χ4n) is 8.67. The van der Waals surface area contributed by atoms with Gasteiger partial charge in [-0.3, -0.25) is 29.4 Å². The van der Waals surface area contributed by atoms with Crippen LogP contribution in [0.5, 0.6) is 5.75 Å². The van der Waals surface area contributed by atoms with Gasteiger partial charge in [-0.2, -0.15) is 5.26 Å². The van der Waals surface area contributed by atoms with Gasteiger partial charge in [-0.25, -0.2) is 9.37 Å². The summed E-state index contributed by atoms with van der Waals surface area (Å²) >= 11 is 6.22. The van der Waals surface area contributed by atoms with Crippen LogP contribution in [-0.2, 0) is 22.7 Å². The zero-order valence-corrected chi connectivity index (χ0v) is 30.8. The molecule has 3 fully saturated rings. The van der Waals surface area contributed by atoms with E-state index in [-0.39, 0.29) is 54.5 Å². The standard InChI is InChI=1S/C39H41ClFN7O5/c1-38(2)36(39(3,4)37(38)53-25-8-5-22(18-42)28(40)17-25)45-33(50)23-7-11-30(43-19-23)47-15-13-46(14-16-47)20-24-6-9-26-27(32(24)41)21-48(35(26)52)29-10-12-31(49)44-34(29)51/h5-9,11,17,19,29,36-37H,10,12-16,20-21H2,1-4H3,(H,45,50)(H,44,49,51). The lowest BCUT2D eigenvalue weighted by atomic mass is 9.49. The van der Waals surface area contributed by atoms with Gasteiger partial charge in [-0.15, -0.1) is 0 Å². The summed E-state index contributed by atoms with van der Waals surface area (Å²) in [4.78, 5) is 60.7. The van der Waals surface area contributed by atoms with E-state index in [0.717, 1.165) is 5.82 Å². The van der Waals surface area contributed by atoms with Crippen LogP contribution in [0.4, 0.5) is 10.2 Å². The maximum absolute atomic E-state index is 15.7. The lowest BCUT2D eigenvalue weighted by molar-refractivity contribution is -0.164. The molecule has 3 aliphatic heterocycles. The first kappa shape index (κ1) is 36.3. The number of piperidine rings is 1. The molecule has 2 saturated heterocycles. The van der Waals surface area contributed by atoms with Gasteiger partial charge in [-0.1, -0.05) is 45.4 Å². The number of nitrogens with zero attached hydrogens (tertiary/aromatic N) is 5. The first-order valence-corrected chi connectivity index (χ1v) is 18.1. The number of rotatable bonds is 8. The van der Waals surface area contributed by atoms with Crippen LogP contribution in [0.3, 0.4) is 0 Å². The summed E-state index contributed by atoms with van der Waals surface area (Å²) in [6.45, 7) is 11.2. The second-order valence-electron chi connectivity index (χ2n) is 15.4. The minimum absolute atomic E-state index is 0.00565. The number of carbonyl (C=O) groups excluding carboxylic acids is 4. The molecule has 1 unspecified atom stereocenters. The molecular weight excluding hydrogens is 701 g/mol. The van der Waals surface area contributed by atoms with Gasteiger partial charge in [0.1, 0.15) is 35.6 Å². The smallest absolute Gasteiger partial charge is 0.255 e. The number of fused-ring (bicyclic) bond motifs is 1. The second kappa shape index (κ2) is 13.7. The number of carbonyl (C=O) groups is 4. The molecule has 0 radical (unpaired) electrons. The van der Waals surface area contributed by atoms with Gasteiger partial charge in [0.2, 0.25) is 11.8 Å². The zero-order chi connectivity index (χ0) is 37.8. The first-order chi connectivity index (χ1) is 25.2. The molecule has 3 aromatic rings. The Morgan fingerprint density at radius 2 is 1.81 bits per heavy atom. The molecule has 276 valence electrons. The van der Waals surface area contributed by atoms with Crippen molar-refractivity contribution in [3.05, 3.63) is 87.3 Å². The molecule has 7 rings (SSSR count). The number of hydrogen-bond donors (Lipinski definition) is 2. The zero-order valence-electron chi connectivity index (χ0n) is 30.0. The summed E-state index contributed by atoms with van der Waals surface area (Å²) in [6, 6.07) is 13.0. The number of benzene rings is 2. The van der Waals surface area contributed by atoms with Gasteiger partial charge in [0.05, 0.1) is 22.7 Å². The molecule has 2 N–H and O–H groups in total. The Balaban J connectivity index is 0.922. The van der Waals surface area contributed by atoms with Crippen molar-refractivity contribution in [1.82, 2.24) is 25.4 Å². The predicted octanol–water partition coefficient (Wildman–Crippen LogP) is 4.44. The van der Waals surface area contributed by atoms with Crippen LogP contribution in [-0.4, -0.2) is 82.8 Å². The van der Waals surface area contributed by atoms with E-state index in [0.29, 0.717) is 60.2 Å². The third kappa shape index (κ3) is 6.59. The number of imide groups is 1. The van der Waals surface area contributed by atoms with Crippen LogP contribution in [0.2, 0.25) is 5.02 Å². The molecule has 1 atom stereocenters. The summed E-state index contributed by atoms with van der Waals surface area (Å²) in [5.74, 6) is -0.633. The number of aromatic nitrogens is 1. The van der Waals surface area contributed by atoms with Gasteiger partial charge in [-0.05, 0) is 36.8 Å². The Hall–Kier alpha value is -5.06.